The molecule has 0 radical (unpaired) electrons. The molecule has 2 rings (SSSR count). The first kappa shape index (κ1) is 13.9. The molecule has 0 spiro atoms. The second-order valence-corrected chi connectivity index (χ2v) is 4.18. The van der Waals surface area contributed by atoms with Crippen LogP contribution in [0.15, 0.2) is 30.3 Å². The number of hydrogen-bond donors (Lipinski definition) is 0. The Bertz CT molecular complexity index is 669. The fourth-order valence-corrected chi connectivity index (χ4v) is 1.86. The summed E-state index contributed by atoms with van der Waals surface area (Å²) in [6.45, 7) is 0. The van der Waals surface area contributed by atoms with Crippen LogP contribution < -0.4 is 4.74 Å². The number of benzene rings is 2. The second-order valence-electron chi connectivity index (χ2n) is 4.18. The highest BCUT2D eigenvalue weighted by Gasteiger charge is 2.13. The lowest BCUT2D eigenvalue weighted by atomic mass is 10.0. The lowest BCUT2D eigenvalue weighted by Crippen LogP contribution is -1.99. The van der Waals surface area contributed by atoms with Crippen LogP contribution in [-0.2, 0) is 6.42 Å². The van der Waals surface area contributed by atoms with Gasteiger partial charge in [-0.3, -0.25) is 0 Å². The molecule has 102 valence electrons. The average Bonchev–Trinajstić information content (AvgIpc) is 2.42. The number of nitrogens with zero attached hydrogens (tertiary/aromatic N) is 1. The van der Waals surface area contributed by atoms with Crippen LogP contribution in [0.4, 0.5) is 13.2 Å². The Balaban J connectivity index is 2.35. The predicted molar refractivity (Wildman–Crippen MR) is 66.8 cm³/mol. The van der Waals surface area contributed by atoms with Crippen molar-refractivity contribution in [2.24, 2.45) is 0 Å². The molecule has 0 atom stereocenters. The Hall–Kier alpha value is -2.48. The van der Waals surface area contributed by atoms with Gasteiger partial charge in [-0.15, -0.1) is 0 Å². The van der Waals surface area contributed by atoms with Gasteiger partial charge in [-0.1, -0.05) is 6.07 Å². The summed E-state index contributed by atoms with van der Waals surface area (Å²) in [5, 5.41) is 8.61. The first-order chi connectivity index (χ1) is 9.55. The maximum atomic E-state index is 13.7. The summed E-state index contributed by atoms with van der Waals surface area (Å²) in [5.74, 6) is -2.18. The van der Waals surface area contributed by atoms with Gasteiger partial charge in [0.25, 0.3) is 0 Å². The molecule has 5 heteroatoms. The number of nitriles is 1. The number of rotatable bonds is 3. The Labute approximate surface area is 114 Å². The van der Waals surface area contributed by atoms with Crippen LogP contribution in [0.25, 0.3) is 0 Å². The normalized spacial score (nSPS) is 10.2. The van der Waals surface area contributed by atoms with Crippen molar-refractivity contribution in [2.75, 3.05) is 7.11 Å². The van der Waals surface area contributed by atoms with E-state index in [1.54, 1.807) is 6.07 Å². The Kier molecular flexibility index (Phi) is 3.94. The van der Waals surface area contributed by atoms with Crippen LogP contribution in [-0.4, -0.2) is 7.11 Å². The van der Waals surface area contributed by atoms with Gasteiger partial charge in [-0.2, -0.15) is 5.26 Å². The van der Waals surface area contributed by atoms with Crippen molar-refractivity contribution in [1.29, 1.82) is 5.26 Å². The van der Waals surface area contributed by atoms with Crippen LogP contribution in [0, 0.1) is 28.8 Å². The van der Waals surface area contributed by atoms with E-state index >= 15 is 0 Å². The monoisotopic (exact) mass is 277 g/mol. The third-order valence-corrected chi connectivity index (χ3v) is 2.87. The minimum Gasteiger partial charge on any atom is -0.494 e. The van der Waals surface area contributed by atoms with Gasteiger partial charge in [0.05, 0.1) is 18.7 Å². The summed E-state index contributed by atoms with van der Waals surface area (Å²) in [5.41, 5.74) is 0.115. The fraction of sp³-hybridized carbons (Fsp3) is 0.133. The van der Waals surface area contributed by atoms with Gasteiger partial charge in [0.1, 0.15) is 11.6 Å². The molecule has 0 amide bonds. The van der Waals surface area contributed by atoms with Crippen LogP contribution in [0.3, 0.4) is 0 Å². The SMILES string of the molecule is COc1ccc(Cc2c(F)cc(C#N)cc2F)cc1F. The molecule has 0 bridgehead atoms. The zero-order valence-electron chi connectivity index (χ0n) is 10.6. The zero-order valence-corrected chi connectivity index (χ0v) is 10.6. The molecule has 0 unspecified atom stereocenters. The van der Waals surface area contributed by atoms with E-state index in [2.05, 4.69) is 0 Å². The summed E-state index contributed by atoms with van der Waals surface area (Å²) < 4.78 is 45.7. The lowest BCUT2D eigenvalue weighted by Gasteiger charge is -2.08. The molecule has 0 aliphatic heterocycles. The second kappa shape index (κ2) is 5.66. The molecule has 2 aromatic carbocycles. The average molecular weight is 277 g/mol. The first-order valence-electron chi connectivity index (χ1n) is 5.75. The summed E-state index contributed by atoms with van der Waals surface area (Å²) in [7, 11) is 1.33. The summed E-state index contributed by atoms with van der Waals surface area (Å²) in [4.78, 5) is 0. The van der Waals surface area contributed by atoms with E-state index < -0.39 is 17.5 Å². The van der Waals surface area contributed by atoms with Crippen LogP contribution >= 0.6 is 0 Å². The van der Waals surface area contributed by atoms with Gasteiger partial charge in [0.2, 0.25) is 0 Å². The number of hydrogen-bond acceptors (Lipinski definition) is 2. The third kappa shape index (κ3) is 2.75. The highest BCUT2D eigenvalue weighted by Crippen LogP contribution is 2.22. The molecule has 20 heavy (non-hydrogen) atoms. The maximum Gasteiger partial charge on any atom is 0.165 e. The van der Waals surface area contributed by atoms with E-state index in [0.29, 0.717) is 5.56 Å². The lowest BCUT2D eigenvalue weighted by molar-refractivity contribution is 0.386. The maximum absolute atomic E-state index is 13.7. The highest BCUT2D eigenvalue weighted by molar-refractivity contribution is 5.38. The fourth-order valence-electron chi connectivity index (χ4n) is 1.86. The molecular formula is C15H10F3NO. The molecule has 0 fully saturated rings. The molecule has 2 aromatic rings. The Morgan fingerprint density at radius 3 is 2.20 bits per heavy atom. The van der Waals surface area contributed by atoms with E-state index in [-0.39, 0.29) is 23.3 Å². The van der Waals surface area contributed by atoms with Crippen molar-refractivity contribution in [3.63, 3.8) is 0 Å². The quantitative estimate of drug-likeness (QED) is 0.859. The zero-order chi connectivity index (χ0) is 14.7. The Morgan fingerprint density at radius 1 is 1.05 bits per heavy atom. The molecule has 0 saturated carbocycles. The van der Waals surface area contributed by atoms with Gasteiger partial charge < -0.3 is 4.74 Å². The number of halogens is 3. The summed E-state index contributed by atoms with van der Waals surface area (Å²) in [6.07, 6.45) is -0.107. The van der Waals surface area contributed by atoms with Crippen molar-refractivity contribution in [3.8, 4) is 11.8 Å². The van der Waals surface area contributed by atoms with Crippen molar-refractivity contribution < 1.29 is 17.9 Å². The molecule has 0 heterocycles. The molecule has 0 aromatic heterocycles. The largest absolute Gasteiger partial charge is 0.494 e. The molecular weight excluding hydrogens is 267 g/mol. The van der Waals surface area contributed by atoms with E-state index in [0.717, 1.165) is 18.2 Å². The predicted octanol–water partition coefficient (Wildman–Crippen LogP) is 3.57. The van der Waals surface area contributed by atoms with E-state index in [4.69, 9.17) is 10.00 Å². The molecule has 0 aliphatic rings. The van der Waals surface area contributed by atoms with Crippen LogP contribution in [0.2, 0.25) is 0 Å². The van der Waals surface area contributed by atoms with Gasteiger partial charge >= 0.3 is 0 Å². The van der Waals surface area contributed by atoms with Crippen LogP contribution in [0.1, 0.15) is 16.7 Å². The number of methoxy groups -OCH3 is 1. The summed E-state index contributed by atoms with van der Waals surface area (Å²) >= 11 is 0. The van der Waals surface area contributed by atoms with E-state index in [1.807, 2.05) is 0 Å². The minimum absolute atomic E-state index is 0.0644. The standard InChI is InChI=1S/C15H10F3NO/c1-20-15-3-2-9(5-14(15)18)4-11-12(16)6-10(8-19)7-13(11)17/h2-3,5-7H,4H2,1H3. The van der Waals surface area contributed by atoms with Gasteiger partial charge in [-0.05, 0) is 29.8 Å². The van der Waals surface area contributed by atoms with Crippen molar-refractivity contribution in [3.05, 3.63) is 64.5 Å². The molecule has 0 saturated heterocycles. The van der Waals surface area contributed by atoms with Crippen molar-refractivity contribution in [1.82, 2.24) is 0 Å². The van der Waals surface area contributed by atoms with Crippen LogP contribution in [0.5, 0.6) is 5.75 Å². The van der Waals surface area contributed by atoms with Crippen molar-refractivity contribution >= 4 is 0 Å². The van der Waals surface area contributed by atoms with E-state index in [1.165, 1.54) is 19.2 Å². The van der Waals surface area contributed by atoms with Gasteiger partial charge in [0, 0.05) is 12.0 Å². The number of ether oxygens (including phenoxy) is 1. The highest BCUT2D eigenvalue weighted by atomic mass is 19.1. The molecule has 2 nitrogen and oxygen atoms in total. The summed E-state index contributed by atoms with van der Waals surface area (Å²) in [6, 6.07) is 7.66. The first-order valence-corrected chi connectivity index (χ1v) is 5.75. The molecule has 0 aliphatic carbocycles. The third-order valence-electron chi connectivity index (χ3n) is 2.87. The smallest absolute Gasteiger partial charge is 0.165 e. The van der Waals surface area contributed by atoms with Gasteiger partial charge in [-0.25, -0.2) is 13.2 Å². The van der Waals surface area contributed by atoms with Gasteiger partial charge in [0.15, 0.2) is 11.6 Å². The minimum atomic E-state index is -0.822. The Morgan fingerprint density at radius 2 is 1.70 bits per heavy atom. The van der Waals surface area contributed by atoms with E-state index in [9.17, 15) is 13.2 Å². The van der Waals surface area contributed by atoms with Crippen molar-refractivity contribution in [2.45, 2.75) is 6.42 Å². The topological polar surface area (TPSA) is 33.0 Å². The molecule has 0 N–H and O–H groups in total.